The Morgan fingerprint density at radius 1 is 1.25 bits per heavy atom. The van der Waals surface area contributed by atoms with Crippen LogP contribution in [0.4, 0.5) is 15.8 Å². The number of hydrogen-bond acceptors (Lipinski definition) is 4. The molecule has 6 heteroatoms. The van der Waals surface area contributed by atoms with Gasteiger partial charge in [-0.2, -0.15) is 0 Å². The summed E-state index contributed by atoms with van der Waals surface area (Å²) in [5, 5.41) is 13.6. The van der Waals surface area contributed by atoms with E-state index in [1.807, 2.05) is 30.3 Å². The van der Waals surface area contributed by atoms with Gasteiger partial charge >= 0.3 is 0 Å². The molecule has 2 aromatic carbocycles. The summed E-state index contributed by atoms with van der Waals surface area (Å²) in [6.45, 7) is 0.352. The van der Waals surface area contributed by atoms with E-state index in [1.165, 1.54) is 12.1 Å². The molecule has 2 aromatic rings. The summed E-state index contributed by atoms with van der Waals surface area (Å²) >= 11 is 0. The van der Waals surface area contributed by atoms with Crippen LogP contribution in [0.2, 0.25) is 0 Å². The maximum atomic E-state index is 13.3. The van der Waals surface area contributed by atoms with Crippen LogP contribution in [0.15, 0.2) is 48.5 Å². The number of nitrogens with zero attached hydrogens (tertiary/aromatic N) is 1. The Morgan fingerprint density at radius 3 is 2.60 bits per heavy atom. The van der Waals surface area contributed by atoms with E-state index in [1.54, 1.807) is 0 Å². The Hall–Kier alpha value is -2.47. The Labute approximate surface area is 115 Å². The molecular formula is C14H14FN3O2. The highest BCUT2D eigenvalue weighted by molar-refractivity contribution is 5.51. The summed E-state index contributed by atoms with van der Waals surface area (Å²) in [6, 6.07) is 12.5. The van der Waals surface area contributed by atoms with E-state index in [4.69, 9.17) is 5.73 Å². The van der Waals surface area contributed by atoms with Crippen molar-refractivity contribution < 1.29 is 9.31 Å². The van der Waals surface area contributed by atoms with Gasteiger partial charge in [-0.25, -0.2) is 4.39 Å². The molecule has 0 radical (unpaired) electrons. The molecule has 20 heavy (non-hydrogen) atoms. The van der Waals surface area contributed by atoms with Crippen LogP contribution in [0.1, 0.15) is 11.6 Å². The fourth-order valence-electron chi connectivity index (χ4n) is 1.83. The molecule has 3 N–H and O–H groups in total. The topological polar surface area (TPSA) is 81.2 Å². The molecule has 0 aromatic heterocycles. The molecule has 0 spiro atoms. The van der Waals surface area contributed by atoms with Gasteiger partial charge in [-0.05, 0) is 11.6 Å². The third kappa shape index (κ3) is 3.52. The molecule has 5 nitrogen and oxygen atoms in total. The van der Waals surface area contributed by atoms with Crippen LogP contribution >= 0.6 is 0 Å². The van der Waals surface area contributed by atoms with Crippen LogP contribution in [0.3, 0.4) is 0 Å². The zero-order valence-electron chi connectivity index (χ0n) is 10.6. The van der Waals surface area contributed by atoms with Crippen LogP contribution in [0.25, 0.3) is 0 Å². The normalized spacial score (nSPS) is 11.9. The van der Waals surface area contributed by atoms with E-state index in [-0.39, 0.29) is 11.7 Å². The number of nitrogens with one attached hydrogen (secondary N) is 1. The summed E-state index contributed by atoms with van der Waals surface area (Å²) in [4.78, 5) is 10.0. The van der Waals surface area contributed by atoms with E-state index < -0.39 is 10.7 Å². The van der Waals surface area contributed by atoms with Gasteiger partial charge in [0.15, 0.2) is 0 Å². The highest BCUT2D eigenvalue weighted by Gasteiger charge is 2.11. The average Bonchev–Trinajstić information content (AvgIpc) is 2.45. The standard InChI is InChI=1S/C14H14FN3O2/c15-11-6-12(8-13(7-11)18(19)20)17-9-14(16)10-4-2-1-3-5-10/h1-8,14,17H,9,16H2. The van der Waals surface area contributed by atoms with Crippen molar-refractivity contribution in [3.05, 3.63) is 70.0 Å². The third-order valence-electron chi connectivity index (χ3n) is 2.85. The van der Waals surface area contributed by atoms with Crippen molar-refractivity contribution in [2.75, 3.05) is 11.9 Å². The Morgan fingerprint density at radius 2 is 1.95 bits per heavy atom. The molecule has 0 aliphatic heterocycles. The predicted molar refractivity (Wildman–Crippen MR) is 74.9 cm³/mol. The average molecular weight is 275 g/mol. The summed E-state index contributed by atoms with van der Waals surface area (Å²) in [5.74, 6) is -0.657. The minimum absolute atomic E-state index is 0.279. The zero-order valence-corrected chi connectivity index (χ0v) is 10.6. The molecule has 0 heterocycles. The molecule has 104 valence electrons. The first-order valence-electron chi connectivity index (χ1n) is 6.05. The van der Waals surface area contributed by atoms with Gasteiger partial charge in [0.25, 0.3) is 5.69 Å². The predicted octanol–water partition coefficient (Wildman–Crippen LogP) is 2.85. The molecule has 1 unspecified atom stereocenters. The summed E-state index contributed by atoms with van der Waals surface area (Å²) < 4.78 is 13.3. The smallest absolute Gasteiger partial charge is 0.274 e. The van der Waals surface area contributed by atoms with Crippen molar-refractivity contribution in [3.63, 3.8) is 0 Å². The molecule has 0 amide bonds. The molecule has 0 saturated heterocycles. The minimum Gasteiger partial charge on any atom is -0.383 e. The summed E-state index contributed by atoms with van der Waals surface area (Å²) in [6.07, 6.45) is 0. The maximum Gasteiger partial charge on any atom is 0.274 e. The van der Waals surface area contributed by atoms with Crippen LogP contribution in [0.5, 0.6) is 0 Å². The number of anilines is 1. The van der Waals surface area contributed by atoms with Crippen LogP contribution in [0, 0.1) is 15.9 Å². The summed E-state index contributed by atoms with van der Waals surface area (Å²) in [7, 11) is 0. The quantitative estimate of drug-likeness (QED) is 0.649. The van der Waals surface area contributed by atoms with E-state index in [2.05, 4.69) is 5.32 Å². The van der Waals surface area contributed by atoms with Gasteiger partial charge in [0, 0.05) is 24.3 Å². The van der Waals surface area contributed by atoms with Crippen LogP contribution in [-0.4, -0.2) is 11.5 Å². The van der Waals surface area contributed by atoms with Gasteiger partial charge in [-0.1, -0.05) is 30.3 Å². The van der Waals surface area contributed by atoms with Gasteiger partial charge in [-0.3, -0.25) is 10.1 Å². The Kier molecular flexibility index (Phi) is 4.27. The number of rotatable bonds is 5. The van der Waals surface area contributed by atoms with Crippen molar-refractivity contribution in [3.8, 4) is 0 Å². The number of non-ortho nitro benzene ring substituents is 1. The number of nitrogens with two attached hydrogens (primary N) is 1. The van der Waals surface area contributed by atoms with Gasteiger partial charge in [-0.15, -0.1) is 0 Å². The third-order valence-corrected chi connectivity index (χ3v) is 2.85. The number of nitro benzene ring substituents is 1. The first-order chi connectivity index (χ1) is 9.56. The van der Waals surface area contributed by atoms with E-state index in [9.17, 15) is 14.5 Å². The first kappa shape index (κ1) is 14.0. The highest BCUT2D eigenvalue weighted by atomic mass is 19.1. The fourth-order valence-corrected chi connectivity index (χ4v) is 1.83. The highest BCUT2D eigenvalue weighted by Crippen LogP contribution is 2.20. The van der Waals surface area contributed by atoms with Crippen molar-refractivity contribution in [2.24, 2.45) is 5.73 Å². The lowest BCUT2D eigenvalue weighted by atomic mass is 10.1. The Bertz CT molecular complexity index is 605. The zero-order chi connectivity index (χ0) is 14.5. The second kappa shape index (κ2) is 6.12. The number of nitro groups is 1. The van der Waals surface area contributed by atoms with Gasteiger partial charge in [0.2, 0.25) is 0 Å². The molecular weight excluding hydrogens is 261 g/mol. The number of halogens is 1. The van der Waals surface area contributed by atoms with Crippen molar-refractivity contribution in [1.29, 1.82) is 0 Å². The summed E-state index contributed by atoms with van der Waals surface area (Å²) in [5.41, 5.74) is 6.97. The van der Waals surface area contributed by atoms with Crippen LogP contribution < -0.4 is 11.1 Å². The maximum absolute atomic E-state index is 13.3. The largest absolute Gasteiger partial charge is 0.383 e. The molecule has 1 atom stereocenters. The molecule has 0 aliphatic carbocycles. The van der Waals surface area contributed by atoms with E-state index >= 15 is 0 Å². The lowest BCUT2D eigenvalue weighted by Crippen LogP contribution is -2.20. The van der Waals surface area contributed by atoms with Gasteiger partial charge in [0.1, 0.15) is 5.82 Å². The van der Waals surface area contributed by atoms with Gasteiger partial charge < -0.3 is 11.1 Å². The monoisotopic (exact) mass is 275 g/mol. The Balaban J connectivity index is 2.06. The second-order valence-corrected chi connectivity index (χ2v) is 4.35. The molecule has 2 rings (SSSR count). The minimum atomic E-state index is -0.657. The number of hydrogen-bond donors (Lipinski definition) is 2. The SMILES string of the molecule is NC(CNc1cc(F)cc([N+](=O)[O-])c1)c1ccccc1. The molecule has 0 fully saturated rings. The molecule has 0 saturated carbocycles. The molecule has 0 bridgehead atoms. The second-order valence-electron chi connectivity index (χ2n) is 4.35. The fraction of sp³-hybridized carbons (Fsp3) is 0.143. The lowest BCUT2D eigenvalue weighted by molar-refractivity contribution is -0.385. The molecule has 0 aliphatic rings. The lowest BCUT2D eigenvalue weighted by Gasteiger charge is -2.14. The first-order valence-corrected chi connectivity index (χ1v) is 6.05. The van der Waals surface area contributed by atoms with Crippen molar-refractivity contribution >= 4 is 11.4 Å². The van der Waals surface area contributed by atoms with Gasteiger partial charge in [0.05, 0.1) is 11.0 Å². The van der Waals surface area contributed by atoms with E-state index in [0.717, 1.165) is 11.6 Å². The van der Waals surface area contributed by atoms with E-state index in [0.29, 0.717) is 12.2 Å². The number of benzene rings is 2. The van der Waals surface area contributed by atoms with Crippen LogP contribution in [-0.2, 0) is 0 Å². The van der Waals surface area contributed by atoms with Crippen molar-refractivity contribution in [1.82, 2.24) is 0 Å². The van der Waals surface area contributed by atoms with Crippen molar-refractivity contribution in [2.45, 2.75) is 6.04 Å².